The van der Waals surface area contributed by atoms with Crippen LogP contribution in [0.4, 0.5) is 11.6 Å². The molecule has 0 saturated heterocycles. The Kier molecular flexibility index (Phi) is 6.21. The van der Waals surface area contributed by atoms with Gasteiger partial charge in [0.05, 0.1) is 10.1 Å². The fraction of sp³-hybridized carbons (Fsp3) is 0.188. The molecule has 146 valence electrons. The number of hydrogen-bond acceptors (Lipinski definition) is 9. The lowest BCUT2D eigenvalue weighted by atomic mass is 10.3. The zero-order valence-electron chi connectivity index (χ0n) is 14.9. The van der Waals surface area contributed by atoms with E-state index in [0.717, 1.165) is 9.35 Å². The Balaban J connectivity index is 1.62. The molecule has 2 aromatic heterocycles. The third-order valence-corrected chi connectivity index (χ3v) is 6.74. The summed E-state index contributed by atoms with van der Waals surface area (Å²) >= 11 is 2.74. The first-order valence-corrected chi connectivity index (χ1v) is 11.2. The van der Waals surface area contributed by atoms with Gasteiger partial charge in [0.15, 0.2) is 4.34 Å². The van der Waals surface area contributed by atoms with Gasteiger partial charge in [0.1, 0.15) is 5.01 Å². The van der Waals surface area contributed by atoms with Gasteiger partial charge in [-0.2, -0.15) is 0 Å². The zero-order chi connectivity index (χ0) is 20.1. The van der Waals surface area contributed by atoms with Gasteiger partial charge in [-0.15, -0.1) is 10.2 Å². The van der Waals surface area contributed by atoms with Crippen molar-refractivity contribution in [2.75, 3.05) is 10.0 Å². The van der Waals surface area contributed by atoms with Gasteiger partial charge in [0.2, 0.25) is 11.9 Å². The summed E-state index contributed by atoms with van der Waals surface area (Å²) in [4.78, 5) is 20.0. The second-order valence-corrected chi connectivity index (χ2v) is 9.99. The number of rotatable bonds is 7. The fourth-order valence-electron chi connectivity index (χ4n) is 2.02. The van der Waals surface area contributed by atoms with Crippen molar-refractivity contribution in [1.82, 2.24) is 20.2 Å². The molecule has 1 unspecified atom stereocenters. The molecular weight excluding hydrogens is 420 g/mol. The highest BCUT2D eigenvalue weighted by molar-refractivity contribution is 8.02. The van der Waals surface area contributed by atoms with Crippen LogP contribution in [-0.2, 0) is 14.8 Å². The molecule has 3 aromatic rings. The highest BCUT2D eigenvalue weighted by Crippen LogP contribution is 2.27. The minimum absolute atomic E-state index is 0.0161. The first-order chi connectivity index (χ1) is 13.3. The first-order valence-electron chi connectivity index (χ1n) is 8.01. The molecular formula is C16H16N6O3S3. The summed E-state index contributed by atoms with van der Waals surface area (Å²) in [6.45, 7) is 3.61. The molecule has 0 aliphatic rings. The minimum Gasteiger partial charge on any atom is -0.325 e. The Morgan fingerprint density at radius 3 is 2.43 bits per heavy atom. The van der Waals surface area contributed by atoms with E-state index in [1.54, 1.807) is 13.0 Å². The van der Waals surface area contributed by atoms with Gasteiger partial charge in [0.25, 0.3) is 10.0 Å². The lowest BCUT2D eigenvalue weighted by Gasteiger charge is -2.11. The van der Waals surface area contributed by atoms with Crippen LogP contribution < -0.4 is 10.0 Å². The Morgan fingerprint density at radius 2 is 1.82 bits per heavy atom. The maximum atomic E-state index is 12.4. The highest BCUT2D eigenvalue weighted by atomic mass is 32.2. The van der Waals surface area contributed by atoms with Gasteiger partial charge in [0, 0.05) is 18.1 Å². The van der Waals surface area contributed by atoms with E-state index in [0.29, 0.717) is 5.69 Å². The monoisotopic (exact) mass is 436 g/mol. The molecule has 3 rings (SSSR count). The van der Waals surface area contributed by atoms with E-state index in [2.05, 4.69) is 30.2 Å². The molecule has 1 amide bonds. The Bertz CT molecular complexity index is 1050. The summed E-state index contributed by atoms with van der Waals surface area (Å²) in [6, 6.07) is 7.41. The summed E-state index contributed by atoms with van der Waals surface area (Å²) in [5, 5.41) is 11.1. The van der Waals surface area contributed by atoms with Crippen LogP contribution in [0.1, 0.15) is 11.9 Å². The molecule has 0 saturated carbocycles. The van der Waals surface area contributed by atoms with Gasteiger partial charge < -0.3 is 5.32 Å². The Hall–Kier alpha value is -2.57. The molecule has 2 heterocycles. The SMILES string of the molecule is Cc1nnc(SC(C)C(=O)Nc2ccc(S(=O)(=O)Nc3ncccn3)cc2)s1. The largest absolute Gasteiger partial charge is 0.325 e. The minimum atomic E-state index is -3.82. The number of carbonyl (C=O) groups excluding carboxylic acids is 1. The van der Waals surface area contributed by atoms with Gasteiger partial charge in [-0.25, -0.2) is 23.1 Å². The summed E-state index contributed by atoms with van der Waals surface area (Å²) < 4.78 is 27.7. The molecule has 0 aliphatic carbocycles. The molecule has 2 N–H and O–H groups in total. The van der Waals surface area contributed by atoms with Crippen LogP contribution in [0.2, 0.25) is 0 Å². The summed E-state index contributed by atoms with van der Waals surface area (Å²) in [5.74, 6) is -0.234. The van der Waals surface area contributed by atoms with Crippen molar-refractivity contribution in [2.45, 2.75) is 28.3 Å². The number of hydrogen-bond donors (Lipinski definition) is 2. The molecule has 0 spiro atoms. The van der Waals surface area contributed by atoms with Gasteiger partial charge in [-0.05, 0) is 44.2 Å². The molecule has 1 aromatic carbocycles. The van der Waals surface area contributed by atoms with Crippen molar-refractivity contribution < 1.29 is 13.2 Å². The Morgan fingerprint density at radius 1 is 1.14 bits per heavy atom. The van der Waals surface area contributed by atoms with Crippen LogP contribution in [0.5, 0.6) is 0 Å². The summed E-state index contributed by atoms with van der Waals surface area (Å²) in [6.07, 6.45) is 2.87. The van der Waals surface area contributed by atoms with Gasteiger partial charge in [-0.3, -0.25) is 4.79 Å². The second kappa shape index (κ2) is 8.63. The molecule has 1 atom stereocenters. The van der Waals surface area contributed by atoms with E-state index in [1.165, 1.54) is 59.8 Å². The van der Waals surface area contributed by atoms with Crippen LogP contribution >= 0.6 is 23.1 Å². The van der Waals surface area contributed by atoms with Crippen molar-refractivity contribution >= 4 is 50.7 Å². The van der Waals surface area contributed by atoms with Gasteiger partial charge >= 0.3 is 0 Å². The van der Waals surface area contributed by atoms with Crippen molar-refractivity contribution in [3.63, 3.8) is 0 Å². The quantitative estimate of drug-likeness (QED) is 0.541. The van der Waals surface area contributed by atoms with Crippen molar-refractivity contribution in [1.29, 1.82) is 0 Å². The van der Waals surface area contributed by atoms with E-state index in [-0.39, 0.29) is 22.0 Å². The van der Waals surface area contributed by atoms with E-state index in [4.69, 9.17) is 0 Å². The smallest absolute Gasteiger partial charge is 0.264 e. The molecule has 0 aliphatic heterocycles. The van der Waals surface area contributed by atoms with Crippen LogP contribution in [0, 0.1) is 6.92 Å². The number of carbonyl (C=O) groups is 1. The van der Waals surface area contributed by atoms with E-state index in [1.807, 2.05) is 6.92 Å². The molecule has 0 bridgehead atoms. The van der Waals surface area contributed by atoms with Crippen LogP contribution in [0.25, 0.3) is 0 Å². The molecule has 28 heavy (non-hydrogen) atoms. The standard InChI is InChI=1S/C16H16N6O3S3/c1-10(26-16-21-20-11(2)27-16)14(23)19-12-4-6-13(7-5-12)28(24,25)22-15-17-8-3-9-18-15/h3-10H,1-2H3,(H,19,23)(H,17,18,22). The maximum Gasteiger partial charge on any atom is 0.264 e. The zero-order valence-corrected chi connectivity index (χ0v) is 17.3. The number of nitrogens with one attached hydrogen (secondary N) is 2. The van der Waals surface area contributed by atoms with Crippen LogP contribution in [0.3, 0.4) is 0 Å². The third kappa shape index (κ3) is 5.24. The van der Waals surface area contributed by atoms with Gasteiger partial charge in [-0.1, -0.05) is 23.1 Å². The average molecular weight is 437 g/mol. The maximum absolute atomic E-state index is 12.4. The molecule has 9 nitrogen and oxygen atoms in total. The number of anilines is 2. The lowest BCUT2D eigenvalue weighted by molar-refractivity contribution is -0.115. The van der Waals surface area contributed by atoms with Crippen molar-refractivity contribution in [2.24, 2.45) is 0 Å². The Labute approximate surface area is 170 Å². The molecule has 12 heteroatoms. The first kappa shape index (κ1) is 20.2. The number of nitrogens with zero attached hydrogens (tertiary/aromatic N) is 4. The van der Waals surface area contributed by atoms with Crippen LogP contribution in [0.15, 0.2) is 52.0 Å². The normalized spacial score (nSPS) is 12.4. The number of amides is 1. The highest BCUT2D eigenvalue weighted by Gasteiger charge is 2.18. The number of sulfonamides is 1. The van der Waals surface area contributed by atoms with Crippen molar-refractivity contribution in [3.8, 4) is 0 Å². The van der Waals surface area contributed by atoms with E-state index < -0.39 is 10.0 Å². The predicted molar refractivity (Wildman–Crippen MR) is 108 cm³/mol. The molecule has 0 fully saturated rings. The number of aryl methyl sites for hydroxylation is 1. The van der Waals surface area contributed by atoms with E-state index >= 15 is 0 Å². The van der Waals surface area contributed by atoms with Crippen molar-refractivity contribution in [3.05, 3.63) is 47.7 Å². The van der Waals surface area contributed by atoms with E-state index in [9.17, 15) is 13.2 Å². The number of aromatic nitrogens is 4. The fourth-order valence-corrected chi connectivity index (χ4v) is 4.94. The second-order valence-electron chi connectivity index (χ2n) is 5.54. The predicted octanol–water partition coefficient (Wildman–Crippen LogP) is 2.56. The summed E-state index contributed by atoms with van der Waals surface area (Å²) in [5.41, 5.74) is 0.487. The topological polar surface area (TPSA) is 127 Å². The van der Waals surface area contributed by atoms with Crippen LogP contribution in [-0.4, -0.2) is 39.7 Å². The molecule has 0 radical (unpaired) electrons. The summed E-state index contributed by atoms with van der Waals surface area (Å²) in [7, 11) is -3.82. The number of thioether (sulfide) groups is 1. The lowest BCUT2D eigenvalue weighted by Crippen LogP contribution is -2.22. The third-order valence-electron chi connectivity index (χ3n) is 3.38. The average Bonchev–Trinajstić information content (AvgIpc) is 3.07. The number of benzene rings is 1.